The van der Waals surface area contributed by atoms with Gasteiger partial charge in [-0.1, -0.05) is 12.1 Å². The number of rotatable bonds is 5. The Kier molecular flexibility index (Phi) is 4.47. The Balaban J connectivity index is 1.80. The lowest BCUT2D eigenvalue weighted by atomic mass is 10.1. The Bertz CT molecular complexity index is 538. The predicted octanol–water partition coefficient (Wildman–Crippen LogP) is 2.88. The first kappa shape index (κ1) is 13.5. The molecule has 0 unspecified atom stereocenters. The van der Waals surface area contributed by atoms with E-state index in [4.69, 9.17) is 5.73 Å². The lowest BCUT2D eigenvalue weighted by molar-refractivity contribution is 0.577. The van der Waals surface area contributed by atoms with Crippen molar-refractivity contribution in [3.63, 3.8) is 0 Å². The molecular weight excluding hydrogens is 246 g/mol. The molecule has 0 aliphatic heterocycles. The zero-order chi connectivity index (χ0) is 13.7. The molecule has 0 spiro atoms. The van der Waals surface area contributed by atoms with Crippen molar-refractivity contribution < 1.29 is 8.78 Å². The van der Waals surface area contributed by atoms with Crippen LogP contribution in [0.4, 0.5) is 14.5 Å². The average Bonchev–Trinajstić information content (AvgIpc) is 2.40. The van der Waals surface area contributed by atoms with E-state index < -0.39 is 5.82 Å². The SMILES string of the molecule is Nc1ccc(CNCCc2cc(F)ccc2F)cc1. The van der Waals surface area contributed by atoms with Crippen LogP contribution in [-0.4, -0.2) is 6.54 Å². The first-order valence-electron chi connectivity index (χ1n) is 6.14. The van der Waals surface area contributed by atoms with Crippen molar-refractivity contribution >= 4 is 5.69 Å². The number of nitrogen functional groups attached to an aromatic ring is 1. The smallest absolute Gasteiger partial charge is 0.126 e. The van der Waals surface area contributed by atoms with Crippen molar-refractivity contribution in [2.24, 2.45) is 0 Å². The Labute approximate surface area is 111 Å². The average molecular weight is 262 g/mol. The molecule has 0 aliphatic rings. The topological polar surface area (TPSA) is 38.0 Å². The zero-order valence-corrected chi connectivity index (χ0v) is 10.5. The van der Waals surface area contributed by atoms with Gasteiger partial charge in [0.15, 0.2) is 0 Å². The number of anilines is 1. The van der Waals surface area contributed by atoms with Gasteiger partial charge in [0, 0.05) is 12.2 Å². The Hall–Kier alpha value is -1.94. The fourth-order valence-electron chi connectivity index (χ4n) is 1.83. The second-order valence-corrected chi connectivity index (χ2v) is 4.40. The fraction of sp³-hybridized carbons (Fsp3) is 0.200. The molecule has 0 bridgehead atoms. The molecule has 0 saturated heterocycles. The summed E-state index contributed by atoms with van der Waals surface area (Å²) in [5.41, 5.74) is 7.82. The number of hydrogen-bond donors (Lipinski definition) is 2. The molecule has 19 heavy (non-hydrogen) atoms. The van der Waals surface area contributed by atoms with Gasteiger partial charge in [-0.15, -0.1) is 0 Å². The molecule has 0 atom stereocenters. The molecule has 3 N–H and O–H groups in total. The number of hydrogen-bond acceptors (Lipinski definition) is 2. The molecular formula is C15H16F2N2. The maximum absolute atomic E-state index is 13.4. The summed E-state index contributed by atoms with van der Waals surface area (Å²) in [5.74, 6) is -0.773. The summed E-state index contributed by atoms with van der Waals surface area (Å²) < 4.78 is 26.3. The maximum atomic E-state index is 13.4. The highest BCUT2D eigenvalue weighted by molar-refractivity contribution is 5.39. The van der Waals surface area contributed by atoms with Gasteiger partial charge < -0.3 is 11.1 Å². The first-order valence-corrected chi connectivity index (χ1v) is 6.14. The summed E-state index contributed by atoms with van der Waals surface area (Å²) >= 11 is 0. The normalized spacial score (nSPS) is 10.6. The third-order valence-electron chi connectivity index (χ3n) is 2.89. The van der Waals surface area contributed by atoms with Gasteiger partial charge in [-0.3, -0.25) is 0 Å². The van der Waals surface area contributed by atoms with Gasteiger partial charge in [-0.05, 0) is 54.4 Å². The van der Waals surface area contributed by atoms with Crippen molar-refractivity contribution in [3.8, 4) is 0 Å². The van der Waals surface area contributed by atoms with E-state index in [0.717, 1.165) is 23.4 Å². The van der Waals surface area contributed by atoms with Gasteiger partial charge in [0.2, 0.25) is 0 Å². The standard InChI is InChI=1S/C15H16F2N2/c16-13-3-6-15(17)12(9-13)7-8-19-10-11-1-4-14(18)5-2-11/h1-6,9,19H,7-8,10,18H2. The highest BCUT2D eigenvalue weighted by Crippen LogP contribution is 2.10. The summed E-state index contributed by atoms with van der Waals surface area (Å²) in [4.78, 5) is 0. The van der Waals surface area contributed by atoms with Crippen LogP contribution in [0.1, 0.15) is 11.1 Å². The van der Waals surface area contributed by atoms with Crippen molar-refractivity contribution in [3.05, 3.63) is 65.2 Å². The van der Waals surface area contributed by atoms with Crippen LogP contribution in [0.15, 0.2) is 42.5 Å². The van der Waals surface area contributed by atoms with Crippen LogP contribution in [0.3, 0.4) is 0 Å². The second kappa shape index (κ2) is 6.29. The number of benzene rings is 2. The molecule has 2 aromatic rings. The fourth-order valence-corrected chi connectivity index (χ4v) is 1.83. The van der Waals surface area contributed by atoms with Crippen LogP contribution in [0, 0.1) is 11.6 Å². The van der Waals surface area contributed by atoms with Gasteiger partial charge in [-0.2, -0.15) is 0 Å². The number of nitrogens with two attached hydrogens (primary N) is 1. The van der Waals surface area contributed by atoms with E-state index in [1.165, 1.54) is 6.07 Å². The van der Waals surface area contributed by atoms with Crippen molar-refractivity contribution in [1.29, 1.82) is 0 Å². The second-order valence-electron chi connectivity index (χ2n) is 4.40. The zero-order valence-electron chi connectivity index (χ0n) is 10.5. The van der Waals surface area contributed by atoms with Crippen molar-refractivity contribution in [2.75, 3.05) is 12.3 Å². The highest BCUT2D eigenvalue weighted by atomic mass is 19.1. The lowest BCUT2D eigenvalue weighted by Gasteiger charge is -2.06. The molecule has 0 heterocycles. The molecule has 0 saturated carbocycles. The monoisotopic (exact) mass is 262 g/mol. The van der Waals surface area contributed by atoms with Gasteiger partial charge >= 0.3 is 0 Å². The third-order valence-corrected chi connectivity index (χ3v) is 2.89. The predicted molar refractivity (Wildman–Crippen MR) is 72.6 cm³/mol. The summed E-state index contributed by atoms with van der Waals surface area (Å²) in [5, 5.41) is 3.19. The van der Waals surface area contributed by atoms with Crippen LogP contribution in [0.25, 0.3) is 0 Å². The van der Waals surface area contributed by atoms with E-state index >= 15 is 0 Å². The van der Waals surface area contributed by atoms with Gasteiger partial charge in [0.1, 0.15) is 11.6 Å². The minimum absolute atomic E-state index is 0.365. The molecule has 2 rings (SSSR count). The lowest BCUT2D eigenvalue weighted by Crippen LogP contribution is -2.17. The molecule has 2 nitrogen and oxygen atoms in total. The molecule has 0 fully saturated rings. The Morgan fingerprint density at radius 2 is 1.74 bits per heavy atom. The number of nitrogens with one attached hydrogen (secondary N) is 1. The van der Waals surface area contributed by atoms with E-state index in [2.05, 4.69) is 5.32 Å². The summed E-state index contributed by atoms with van der Waals surface area (Å²) in [6.45, 7) is 1.27. The van der Waals surface area contributed by atoms with Crippen LogP contribution in [0.5, 0.6) is 0 Å². The highest BCUT2D eigenvalue weighted by Gasteiger charge is 2.03. The van der Waals surface area contributed by atoms with E-state index in [1.54, 1.807) is 0 Å². The third kappa shape index (κ3) is 4.03. The van der Waals surface area contributed by atoms with Crippen LogP contribution >= 0.6 is 0 Å². The Morgan fingerprint density at radius 3 is 2.47 bits per heavy atom. The van der Waals surface area contributed by atoms with Gasteiger partial charge in [-0.25, -0.2) is 8.78 Å². The van der Waals surface area contributed by atoms with E-state index in [9.17, 15) is 8.78 Å². The molecule has 0 aliphatic carbocycles. The van der Waals surface area contributed by atoms with Gasteiger partial charge in [0.05, 0.1) is 0 Å². The number of halogens is 2. The molecule has 0 aromatic heterocycles. The molecule has 4 heteroatoms. The first-order chi connectivity index (χ1) is 9.15. The summed E-state index contributed by atoms with van der Waals surface area (Å²) in [6, 6.07) is 11.1. The molecule has 0 radical (unpaired) electrons. The van der Waals surface area contributed by atoms with Crippen LogP contribution in [0.2, 0.25) is 0 Å². The van der Waals surface area contributed by atoms with E-state index in [1.807, 2.05) is 24.3 Å². The maximum Gasteiger partial charge on any atom is 0.126 e. The molecule has 0 amide bonds. The Morgan fingerprint density at radius 1 is 1.00 bits per heavy atom. The van der Waals surface area contributed by atoms with Crippen LogP contribution in [-0.2, 0) is 13.0 Å². The quantitative estimate of drug-likeness (QED) is 0.642. The van der Waals surface area contributed by atoms with Gasteiger partial charge in [0.25, 0.3) is 0 Å². The largest absolute Gasteiger partial charge is 0.399 e. The summed E-state index contributed by atoms with van der Waals surface area (Å²) in [6.07, 6.45) is 0.457. The summed E-state index contributed by atoms with van der Waals surface area (Å²) in [7, 11) is 0. The molecule has 100 valence electrons. The van der Waals surface area contributed by atoms with Crippen LogP contribution < -0.4 is 11.1 Å². The van der Waals surface area contributed by atoms with Crippen molar-refractivity contribution in [1.82, 2.24) is 5.32 Å². The minimum atomic E-state index is -0.407. The minimum Gasteiger partial charge on any atom is -0.399 e. The van der Waals surface area contributed by atoms with E-state index in [0.29, 0.717) is 25.1 Å². The molecule has 2 aromatic carbocycles. The van der Waals surface area contributed by atoms with Crippen molar-refractivity contribution in [2.45, 2.75) is 13.0 Å². The van der Waals surface area contributed by atoms with E-state index in [-0.39, 0.29) is 5.82 Å².